The number of hydrogen-bond acceptors (Lipinski definition) is 6. The predicted octanol–water partition coefficient (Wildman–Crippen LogP) is 3.94. The molecule has 27 heavy (non-hydrogen) atoms. The molecule has 0 unspecified atom stereocenters. The third kappa shape index (κ3) is 3.35. The van der Waals surface area contributed by atoms with Crippen LogP contribution in [0, 0.1) is 0 Å². The summed E-state index contributed by atoms with van der Waals surface area (Å²) in [5.41, 5.74) is 2.85. The molecule has 1 aliphatic heterocycles. The molecule has 0 saturated carbocycles. The average molecular weight is 372 g/mol. The highest BCUT2D eigenvalue weighted by atomic mass is 16.5. The van der Waals surface area contributed by atoms with Crippen molar-refractivity contribution in [3.63, 3.8) is 0 Å². The topological polar surface area (TPSA) is 55.4 Å². The van der Waals surface area contributed by atoms with E-state index in [0.717, 1.165) is 23.1 Å². The summed E-state index contributed by atoms with van der Waals surface area (Å²) in [7, 11) is 8.01. The maximum atomic E-state index is 6.00. The molecule has 0 fully saturated rings. The van der Waals surface area contributed by atoms with Crippen LogP contribution in [0.25, 0.3) is 5.57 Å². The molecule has 0 aliphatic carbocycles. The molecule has 0 N–H and O–H groups in total. The first-order valence-electron chi connectivity index (χ1n) is 8.57. The lowest BCUT2D eigenvalue weighted by Gasteiger charge is -2.20. The molecular weight excluding hydrogens is 348 g/mol. The van der Waals surface area contributed by atoms with Gasteiger partial charge in [-0.15, -0.1) is 0 Å². The normalized spacial score (nSPS) is 12.9. The largest absolute Gasteiger partial charge is 0.493 e. The molecule has 3 rings (SSSR count). The lowest BCUT2D eigenvalue weighted by atomic mass is 9.95. The minimum atomic E-state index is 0.507. The monoisotopic (exact) mass is 372 g/mol. The van der Waals surface area contributed by atoms with Gasteiger partial charge >= 0.3 is 0 Å². The molecule has 2 aromatic carbocycles. The Labute approximate surface area is 159 Å². The molecule has 0 amide bonds. The molecule has 0 bridgehead atoms. The number of ether oxygens (including phenoxy) is 6. The zero-order chi connectivity index (χ0) is 19.4. The molecular formula is C21H24O6. The molecule has 1 heterocycles. The second kappa shape index (κ2) is 8.12. The molecule has 144 valence electrons. The lowest BCUT2D eigenvalue weighted by Crippen LogP contribution is -2.03. The highest BCUT2D eigenvalue weighted by molar-refractivity contribution is 5.87. The summed E-state index contributed by atoms with van der Waals surface area (Å²) in [6, 6.07) is 7.73. The van der Waals surface area contributed by atoms with Gasteiger partial charge in [-0.1, -0.05) is 12.1 Å². The molecule has 0 saturated heterocycles. The summed E-state index contributed by atoms with van der Waals surface area (Å²) in [6.45, 7) is 0.537. The van der Waals surface area contributed by atoms with Crippen LogP contribution in [-0.4, -0.2) is 42.2 Å². The molecule has 6 heteroatoms. The fourth-order valence-corrected chi connectivity index (χ4v) is 3.22. The van der Waals surface area contributed by atoms with Gasteiger partial charge in [0.25, 0.3) is 0 Å². The van der Waals surface area contributed by atoms with E-state index in [-0.39, 0.29) is 0 Å². The van der Waals surface area contributed by atoms with E-state index in [1.54, 1.807) is 35.5 Å². The van der Waals surface area contributed by atoms with E-state index in [1.165, 1.54) is 0 Å². The van der Waals surface area contributed by atoms with E-state index in [1.807, 2.05) is 24.3 Å². The fraction of sp³-hybridized carbons (Fsp3) is 0.333. The van der Waals surface area contributed by atoms with E-state index in [4.69, 9.17) is 28.4 Å². The van der Waals surface area contributed by atoms with Crippen LogP contribution in [0.4, 0.5) is 0 Å². The van der Waals surface area contributed by atoms with Crippen LogP contribution in [0.15, 0.2) is 30.3 Å². The van der Waals surface area contributed by atoms with Gasteiger partial charge in [0.15, 0.2) is 23.0 Å². The SMILES string of the molecule is COc1ccc(C2=CCCOc3c2cc(OC)c(OC)c3OC)cc1OC. The zero-order valence-electron chi connectivity index (χ0n) is 16.3. The Balaban J connectivity index is 2.22. The van der Waals surface area contributed by atoms with Crippen LogP contribution in [0.2, 0.25) is 0 Å². The van der Waals surface area contributed by atoms with Crippen LogP contribution in [0.3, 0.4) is 0 Å². The number of fused-ring (bicyclic) bond motifs is 1. The Bertz CT molecular complexity index is 856. The summed E-state index contributed by atoms with van der Waals surface area (Å²) in [5, 5.41) is 0. The molecule has 0 radical (unpaired) electrons. The van der Waals surface area contributed by atoms with Gasteiger partial charge in [0.2, 0.25) is 11.5 Å². The Kier molecular flexibility index (Phi) is 5.64. The number of benzene rings is 2. The fourth-order valence-electron chi connectivity index (χ4n) is 3.22. The van der Waals surface area contributed by atoms with Gasteiger partial charge in [-0.05, 0) is 29.3 Å². The maximum absolute atomic E-state index is 6.00. The van der Waals surface area contributed by atoms with Crippen molar-refractivity contribution in [3.8, 4) is 34.5 Å². The second-order valence-corrected chi connectivity index (χ2v) is 5.85. The first-order valence-corrected chi connectivity index (χ1v) is 8.57. The van der Waals surface area contributed by atoms with Crippen molar-refractivity contribution < 1.29 is 28.4 Å². The summed E-state index contributed by atoms with van der Waals surface area (Å²) < 4.78 is 33.4. The number of rotatable bonds is 6. The first-order chi connectivity index (χ1) is 13.2. The molecule has 6 nitrogen and oxygen atoms in total. The smallest absolute Gasteiger partial charge is 0.207 e. The van der Waals surface area contributed by atoms with Crippen LogP contribution in [-0.2, 0) is 0 Å². The van der Waals surface area contributed by atoms with E-state index in [0.29, 0.717) is 41.1 Å². The third-order valence-corrected chi connectivity index (χ3v) is 4.48. The van der Waals surface area contributed by atoms with Crippen LogP contribution in [0.1, 0.15) is 17.5 Å². The quantitative estimate of drug-likeness (QED) is 0.765. The highest BCUT2D eigenvalue weighted by Crippen LogP contribution is 2.50. The number of hydrogen-bond donors (Lipinski definition) is 0. The Morgan fingerprint density at radius 3 is 2.07 bits per heavy atom. The Morgan fingerprint density at radius 1 is 0.741 bits per heavy atom. The average Bonchev–Trinajstić information content (AvgIpc) is 2.93. The summed E-state index contributed by atoms with van der Waals surface area (Å²) in [6.07, 6.45) is 2.89. The molecule has 0 atom stereocenters. The zero-order valence-corrected chi connectivity index (χ0v) is 16.3. The van der Waals surface area contributed by atoms with E-state index >= 15 is 0 Å². The molecule has 1 aliphatic rings. The maximum Gasteiger partial charge on any atom is 0.207 e. The summed E-state index contributed by atoms with van der Waals surface area (Å²) in [4.78, 5) is 0. The Hall–Kier alpha value is -3.02. The van der Waals surface area contributed by atoms with Gasteiger partial charge in [0, 0.05) is 12.0 Å². The van der Waals surface area contributed by atoms with Gasteiger partial charge in [-0.2, -0.15) is 0 Å². The van der Waals surface area contributed by atoms with Crippen molar-refractivity contribution in [2.24, 2.45) is 0 Å². The van der Waals surface area contributed by atoms with Crippen molar-refractivity contribution >= 4 is 5.57 Å². The van der Waals surface area contributed by atoms with Crippen LogP contribution < -0.4 is 28.4 Å². The van der Waals surface area contributed by atoms with Crippen molar-refractivity contribution in [1.82, 2.24) is 0 Å². The van der Waals surface area contributed by atoms with Gasteiger partial charge in [-0.3, -0.25) is 0 Å². The van der Waals surface area contributed by atoms with E-state index in [9.17, 15) is 0 Å². The van der Waals surface area contributed by atoms with Crippen LogP contribution in [0.5, 0.6) is 34.5 Å². The Morgan fingerprint density at radius 2 is 1.44 bits per heavy atom. The minimum Gasteiger partial charge on any atom is -0.493 e. The minimum absolute atomic E-state index is 0.507. The van der Waals surface area contributed by atoms with Gasteiger partial charge in [0.1, 0.15) is 0 Å². The third-order valence-electron chi connectivity index (χ3n) is 4.48. The second-order valence-electron chi connectivity index (χ2n) is 5.85. The molecule has 0 aromatic heterocycles. The number of methoxy groups -OCH3 is 5. The van der Waals surface area contributed by atoms with Gasteiger partial charge in [0.05, 0.1) is 42.2 Å². The van der Waals surface area contributed by atoms with Gasteiger partial charge < -0.3 is 28.4 Å². The van der Waals surface area contributed by atoms with Crippen molar-refractivity contribution in [2.75, 3.05) is 42.2 Å². The highest BCUT2D eigenvalue weighted by Gasteiger charge is 2.26. The predicted molar refractivity (Wildman–Crippen MR) is 103 cm³/mol. The van der Waals surface area contributed by atoms with E-state index < -0.39 is 0 Å². The van der Waals surface area contributed by atoms with Gasteiger partial charge in [-0.25, -0.2) is 0 Å². The molecule has 2 aromatic rings. The van der Waals surface area contributed by atoms with Crippen LogP contribution >= 0.6 is 0 Å². The molecule has 0 spiro atoms. The van der Waals surface area contributed by atoms with E-state index in [2.05, 4.69) is 6.08 Å². The van der Waals surface area contributed by atoms with Crippen molar-refractivity contribution in [1.29, 1.82) is 0 Å². The van der Waals surface area contributed by atoms with Crippen molar-refractivity contribution in [3.05, 3.63) is 41.5 Å². The summed E-state index contributed by atoms with van der Waals surface area (Å²) in [5.74, 6) is 3.57. The standard InChI is InChI=1S/C21H24O6/c1-22-16-9-8-13(11-17(16)23-2)14-7-6-10-27-19-15(14)12-18(24-3)20(25-4)21(19)26-5/h7-9,11-12H,6,10H2,1-5H3. The first kappa shape index (κ1) is 18.8. The van der Waals surface area contributed by atoms with Crippen molar-refractivity contribution in [2.45, 2.75) is 6.42 Å². The summed E-state index contributed by atoms with van der Waals surface area (Å²) >= 11 is 0. The lowest BCUT2D eigenvalue weighted by molar-refractivity contribution is 0.281.